The van der Waals surface area contributed by atoms with E-state index in [-0.39, 0.29) is 5.91 Å². The Bertz CT molecular complexity index is 598. The second-order valence-electron chi connectivity index (χ2n) is 6.38. The molecular weight excluding hydrogens is 298 g/mol. The van der Waals surface area contributed by atoms with Crippen LogP contribution in [0, 0.1) is 13.8 Å². The molecule has 4 nitrogen and oxygen atoms in total. The van der Waals surface area contributed by atoms with Gasteiger partial charge in [-0.25, -0.2) is 4.79 Å². The van der Waals surface area contributed by atoms with Gasteiger partial charge in [0.05, 0.1) is 4.75 Å². The quantitative estimate of drug-likeness (QED) is 0.865. The second-order valence-corrected chi connectivity index (χ2v) is 8.04. The van der Waals surface area contributed by atoms with Crippen molar-refractivity contribution < 1.29 is 14.7 Å². The van der Waals surface area contributed by atoms with Crippen molar-refractivity contribution in [3.05, 3.63) is 29.3 Å². The van der Waals surface area contributed by atoms with Crippen LogP contribution < -0.4 is 0 Å². The molecule has 2 rings (SSSR count). The maximum atomic E-state index is 12.8. The van der Waals surface area contributed by atoms with Crippen LogP contribution in [0.5, 0.6) is 0 Å². The minimum atomic E-state index is -0.904. The fourth-order valence-corrected chi connectivity index (χ4v) is 3.98. The number of thioether (sulfide) groups is 1. The fraction of sp³-hybridized carbons (Fsp3) is 0.529. The summed E-state index contributed by atoms with van der Waals surface area (Å²) in [6.45, 7) is 8.34. The van der Waals surface area contributed by atoms with Crippen molar-refractivity contribution in [2.24, 2.45) is 0 Å². The molecule has 1 amide bonds. The van der Waals surface area contributed by atoms with Gasteiger partial charge in [0.1, 0.15) is 6.04 Å². The van der Waals surface area contributed by atoms with Crippen LogP contribution in [-0.4, -0.2) is 39.2 Å². The van der Waals surface area contributed by atoms with Crippen molar-refractivity contribution in [3.8, 4) is 0 Å². The number of carbonyl (C=O) groups excluding carboxylic acids is 1. The summed E-state index contributed by atoms with van der Waals surface area (Å²) in [6, 6.07) is 5.50. The summed E-state index contributed by atoms with van der Waals surface area (Å²) < 4.78 is -0.684. The van der Waals surface area contributed by atoms with Crippen molar-refractivity contribution in [1.82, 2.24) is 4.90 Å². The van der Waals surface area contributed by atoms with E-state index in [9.17, 15) is 14.7 Å². The average molecular weight is 321 g/mol. The van der Waals surface area contributed by atoms with E-state index in [1.807, 2.05) is 33.8 Å². The summed E-state index contributed by atoms with van der Waals surface area (Å²) in [5, 5.41) is 9.27. The predicted molar refractivity (Wildman–Crippen MR) is 88.2 cm³/mol. The fourth-order valence-electron chi connectivity index (χ4n) is 2.75. The number of likely N-dealkylation sites (tertiary alicyclic amines) is 1. The highest BCUT2D eigenvalue weighted by atomic mass is 32.2. The smallest absolute Gasteiger partial charge is 0.326 e. The first kappa shape index (κ1) is 16.9. The third-order valence-electron chi connectivity index (χ3n) is 4.02. The molecule has 1 heterocycles. The predicted octanol–water partition coefficient (Wildman–Crippen LogP) is 3.25. The van der Waals surface area contributed by atoms with E-state index in [1.165, 1.54) is 16.7 Å². The van der Waals surface area contributed by atoms with Crippen molar-refractivity contribution >= 4 is 23.6 Å². The number of hydrogen-bond acceptors (Lipinski definition) is 3. The van der Waals surface area contributed by atoms with Gasteiger partial charge in [0, 0.05) is 11.4 Å². The Morgan fingerprint density at radius 2 is 2.00 bits per heavy atom. The molecule has 22 heavy (non-hydrogen) atoms. The molecule has 1 unspecified atom stereocenters. The zero-order chi connectivity index (χ0) is 16.5. The van der Waals surface area contributed by atoms with Crippen molar-refractivity contribution in [2.45, 2.75) is 56.2 Å². The van der Waals surface area contributed by atoms with E-state index >= 15 is 0 Å². The van der Waals surface area contributed by atoms with Crippen LogP contribution in [0.3, 0.4) is 0 Å². The highest BCUT2D eigenvalue weighted by molar-refractivity contribution is 8.01. The van der Waals surface area contributed by atoms with Gasteiger partial charge in [-0.2, -0.15) is 0 Å². The number of aliphatic carboxylic acids is 1. The topological polar surface area (TPSA) is 57.6 Å². The van der Waals surface area contributed by atoms with Gasteiger partial charge in [0.25, 0.3) is 0 Å². The van der Waals surface area contributed by atoms with Crippen molar-refractivity contribution in [3.63, 3.8) is 0 Å². The van der Waals surface area contributed by atoms with Gasteiger partial charge in [0.2, 0.25) is 5.91 Å². The Kier molecular flexibility index (Phi) is 4.85. The van der Waals surface area contributed by atoms with E-state index in [4.69, 9.17) is 0 Å². The highest BCUT2D eigenvalue weighted by Crippen LogP contribution is 2.37. The molecule has 0 saturated carbocycles. The summed E-state index contributed by atoms with van der Waals surface area (Å²) in [4.78, 5) is 26.7. The van der Waals surface area contributed by atoms with Crippen LogP contribution in [0.2, 0.25) is 0 Å². The Balaban J connectivity index is 2.20. The minimum Gasteiger partial charge on any atom is -0.480 e. The van der Waals surface area contributed by atoms with Crippen molar-refractivity contribution in [2.75, 3.05) is 6.54 Å². The first-order valence-electron chi connectivity index (χ1n) is 7.52. The van der Waals surface area contributed by atoms with E-state index in [0.29, 0.717) is 13.0 Å². The van der Waals surface area contributed by atoms with Crippen LogP contribution in [0.1, 0.15) is 37.8 Å². The molecule has 120 valence electrons. The number of carboxylic acids is 1. The number of hydrogen-bond donors (Lipinski definition) is 1. The molecule has 1 aromatic rings. The lowest BCUT2D eigenvalue weighted by atomic mass is 10.1. The number of nitrogens with zero attached hydrogens (tertiary/aromatic N) is 1. The Morgan fingerprint density at radius 3 is 2.64 bits per heavy atom. The van der Waals surface area contributed by atoms with E-state index in [2.05, 4.69) is 12.1 Å². The summed E-state index contributed by atoms with van der Waals surface area (Å²) in [5.41, 5.74) is 2.29. The summed E-state index contributed by atoms with van der Waals surface area (Å²) in [7, 11) is 0. The van der Waals surface area contributed by atoms with Gasteiger partial charge in [-0.15, -0.1) is 11.8 Å². The minimum absolute atomic E-state index is 0.0942. The molecule has 1 aliphatic heterocycles. The molecule has 5 heteroatoms. The van der Waals surface area contributed by atoms with Crippen LogP contribution in [-0.2, 0) is 9.59 Å². The maximum Gasteiger partial charge on any atom is 0.326 e. The lowest BCUT2D eigenvalue weighted by Crippen LogP contribution is -2.48. The molecule has 0 aromatic heterocycles. The normalized spacial score (nSPS) is 18.5. The number of benzene rings is 1. The zero-order valence-electron chi connectivity index (χ0n) is 13.5. The summed E-state index contributed by atoms with van der Waals surface area (Å²) >= 11 is 1.51. The SMILES string of the molecule is Cc1ccc(C)c(SC(C)(C)C(=O)N2CCCC2C(=O)O)c1. The zero-order valence-corrected chi connectivity index (χ0v) is 14.4. The summed E-state index contributed by atoms with van der Waals surface area (Å²) in [6.07, 6.45) is 1.30. The van der Waals surface area contributed by atoms with Gasteiger partial charge in [-0.05, 0) is 52.2 Å². The number of carboxylic acid groups (broad SMARTS) is 1. The number of amides is 1. The molecule has 0 radical (unpaired) electrons. The van der Waals surface area contributed by atoms with Crippen LogP contribution in [0.25, 0.3) is 0 Å². The first-order chi connectivity index (χ1) is 10.2. The number of aryl methyl sites for hydroxylation is 2. The molecular formula is C17H23NO3S. The Hall–Kier alpha value is -1.49. The lowest BCUT2D eigenvalue weighted by molar-refractivity contribution is -0.148. The molecule has 1 saturated heterocycles. The molecule has 1 fully saturated rings. The van der Waals surface area contributed by atoms with E-state index in [1.54, 1.807) is 0 Å². The van der Waals surface area contributed by atoms with Crippen LogP contribution >= 0.6 is 11.8 Å². The standard InChI is InChI=1S/C17H23NO3S/c1-11-7-8-12(2)14(10-11)22-17(3,4)16(21)18-9-5-6-13(18)15(19)20/h7-8,10,13H,5-6,9H2,1-4H3,(H,19,20). The van der Waals surface area contributed by atoms with Crippen LogP contribution in [0.4, 0.5) is 0 Å². The number of rotatable bonds is 4. The third kappa shape index (κ3) is 3.46. The monoisotopic (exact) mass is 321 g/mol. The molecule has 0 spiro atoms. The van der Waals surface area contributed by atoms with Crippen LogP contribution in [0.15, 0.2) is 23.1 Å². The average Bonchev–Trinajstić information content (AvgIpc) is 2.91. The molecule has 1 N–H and O–H groups in total. The van der Waals surface area contributed by atoms with Gasteiger partial charge in [-0.3, -0.25) is 4.79 Å². The Morgan fingerprint density at radius 1 is 1.32 bits per heavy atom. The third-order valence-corrected chi connectivity index (χ3v) is 5.37. The second kappa shape index (κ2) is 6.32. The molecule has 0 bridgehead atoms. The first-order valence-corrected chi connectivity index (χ1v) is 8.34. The van der Waals surface area contributed by atoms with Gasteiger partial charge in [0.15, 0.2) is 0 Å². The molecule has 1 aliphatic rings. The molecule has 1 atom stereocenters. The summed E-state index contributed by atoms with van der Waals surface area (Å²) in [5.74, 6) is -0.998. The van der Waals surface area contributed by atoms with E-state index in [0.717, 1.165) is 22.4 Å². The lowest BCUT2D eigenvalue weighted by Gasteiger charge is -2.31. The largest absolute Gasteiger partial charge is 0.480 e. The molecule has 1 aromatic carbocycles. The van der Waals surface area contributed by atoms with Gasteiger partial charge >= 0.3 is 5.97 Å². The number of carbonyl (C=O) groups is 2. The Labute approximate surface area is 135 Å². The maximum absolute atomic E-state index is 12.8. The van der Waals surface area contributed by atoms with Gasteiger partial charge < -0.3 is 10.0 Å². The van der Waals surface area contributed by atoms with Crippen molar-refractivity contribution in [1.29, 1.82) is 0 Å². The van der Waals surface area contributed by atoms with E-state index < -0.39 is 16.8 Å². The molecule has 0 aliphatic carbocycles. The highest BCUT2D eigenvalue weighted by Gasteiger charge is 2.41. The van der Waals surface area contributed by atoms with Gasteiger partial charge in [-0.1, -0.05) is 17.7 Å².